The maximum Gasteiger partial charge on any atom is 0.142 e. The second-order valence-electron chi connectivity index (χ2n) is 4.59. The molecule has 2 rings (SSSR count). The van der Waals surface area contributed by atoms with Gasteiger partial charge in [-0.15, -0.1) is 0 Å². The minimum atomic E-state index is 0.111. The van der Waals surface area contributed by atoms with Gasteiger partial charge in [0.1, 0.15) is 5.75 Å². The van der Waals surface area contributed by atoms with Gasteiger partial charge in [-0.05, 0) is 29.8 Å². The van der Waals surface area contributed by atoms with Crippen LogP contribution in [-0.2, 0) is 0 Å². The molecule has 20 heavy (non-hydrogen) atoms. The molecule has 106 valence electrons. The third-order valence-corrected chi connectivity index (χ3v) is 3.94. The summed E-state index contributed by atoms with van der Waals surface area (Å²) in [4.78, 5) is 2.15. The topological polar surface area (TPSA) is 38.5 Å². The van der Waals surface area contributed by atoms with Crippen LogP contribution in [0.25, 0.3) is 0 Å². The summed E-state index contributed by atoms with van der Waals surface area (Å²) >= 11 is 3.46. The van der Waals surface area contributed by atoms with Gasteiger partial charge < -0.3 is 15.4 Å². The van der Waals surface area contributed by atoms with Crippen molar-refractivity contribution in [3.63, 3.8) is 0 Å². The Kier molecular flexibility index (Phi) is 5.04. The quantitative estimate of drug-likeness (QED) is 0.907. The first kappa shape index (κ1) is 14.9. The Labute approximate surface area is 128 Å². The van der Waals surface area contributed by atoms with Gasteiger partial charge in [0.25, 0.3) is 0 Å². The third kappa shape index (κ3) is 3.14. The van der Waals surface area contributed by atoms with Crippen molar-refractivity contribution in [2.45, 2.75) is 6.04 Å². The van der Waals surface area contributed by atoms with Gasteiger partial charge in [-0.3, -0.25) is 0 Å². The van der Waals surface area contributed by atoms with E-state index >= 15 is 0 Å². The van der Waals surface area contributed by atoms with Gasteiger partial charge in [-0.2, -0.15) is 0 Å². The van der Waals surface area contributed by atoms with Crippen LogP contribution in [0, 0.1) is 0 Å². The molecule has 0 amide bonds. The Bertz CT molecular complexity index is 557. The second kappa shape index (κ2) is 6.77. The molecule has 0 aliphatic carbocycles. The molecule has 0 saturated carbocycles. The fourth-order valence-corrected chi connectivity index (χ4v) is 2.56. The average molecular weight is 335 g/mol. The zero-order valence-corrected chi connectivity index (χ0v) is 13.3. The molecule has 1 atom stereocenters. The number of anilines is 1. The summed E-state index contributed by atoms with van der Waals surface area (Å²) in [7, 11) is 3.72. The smallest absolute Gasteiger partial charge is 0.142 e. The van der Waals surface area contributed by atoms with E-state index in [0.717, 1.165) is 15.9 Å². The van der Waals surface area contributed by atoms with Gasteiger partial charge in [0.15, 0.2) is 0 Å². The predicted octanol–water partition coefficient (Wildman–Crippen LogP) is 3.59. The van der Waals surface area contributed by atoms with Crippen molar-refractivity contribution < 1.29 is 4.74 Å². The molecule has 0 saturated heterocycles. The van der Waals surface area contributed by atoms with Gasteiger partial charge in [0.05, 0.1) is 18.8 Å². The maximum atomic E-state index is 5.98. The number of halogens is 1. The van der Waals surface area contributed by atoms with E-state index in [1.807, 2.05) is 43.4 Å². The highest BCUT2D eigenvalue weighted by Crippen LogP contribution is 2.32. The van der Waals surface area contributed by atoms with Gasteiger partial charge >= 0.3 is 0 Å². The number of benzene rings is 2. The van der Waals surface area contributed by atoms with Gasteiger partial charge in [-0.1, -0.05) is 40.2 Å². The standard InChI is InChI=1S/C16H19BrN2O/c1-19(14-5-3-4-6-16(14)20-2)15(11-18)12-7-9-13(17)10-8-12/h3-10,15H,11,18H2,1-2H3. The Morgan fingerprint density at radius 2 is 1.80 bits per heavy atom. The molecule has 3 nitrogen and oxygen atoms in total. The Balaban J connectivity index is 2.33. The van der Waals surface area contributed by atoms with Crippen molar-refractivity contribution in [2.75, 3.05) is 25.6 Å². The summed E-state index contributed by atoms with van der Waals surface area (Å²) in [5.74, 6) is 0.852. The van der Waals surface area contributed by atoms with E-state index in [4.69, 9.17) is 10.5 Å². The van der Waals surface area contributed by atoms with Crippen molar-refractivity contribution in [3.8, 4) is 5.75 Å². The number of nitrogens with zero attached hydrogens (tertiary/aromatic N) is 1. The van der Waals surface area contributed by atoms with E-state index < -0.39 is 0 Å². The minimum Gasteiger partial charge on any atom is -0.495 e. The molecule has 1 unspecified atom stereocenters. The largest absolute Gasteiger partial charge is 0.495 e. The fraction of sp³-hybridized carbons (Fsp3) is 0.250. The number of nitrogens with two attached hydrogens (primary N) is 1. The zero-order valence-electron chi connectivity index (χ0n) is 11.7. The van der Waals surface area contributed by atoms with Crippen LogP contribution in [0.1, 0.15) is 11.6 Å². The maximum absolute atomic E-state index is 5.98. The highest BCUT2D eigenvalue weighted by Gasteiger charge is 2.18. The van der Waals surface area contributed by atoms with Crippen molar-refractivity contribution in [1.29, 1.82) is 0 Å². The molecular weight excluding hydrogens is 316 g/mol. The van der Waals surface area contributed by atoms with Gasteiger partial charge in [0, 0.05) is 18.1 Å². The number of hydrogen-bond donors (Lipinski definition) is 1. The molecule has 4 heteroatoms. The summed E-state index contributed by atoms with van der Waals surface area (Å²) in [6, 6.07) is 16.3. The molecule has 0 aliphatic heterocycles. The van der Waals surface area contributed by atoms with E-state index in [9.17, 15) is 0 Å². The van der Waals surface area contributed by atoms with E-state index in [1.54, 1.807) is 7.11 Å². The first-order valence-corrected chi connectivity index (χ1v) is 7.28. The molecule has 0 fully saturated rings. The summed E-state index contributed by atoms with van der Waals surface area (Å²) in [5, 5.41) is 0. The van der Waals surface area contributed by atoms with Crippen LogP contribution in [0.5, 0.6) is 5.75 Å². The molecule has 2 aromatic carbocycles. The SMILES string of the molecule is COc1ccccc1N(C)C(CN)c1ccc(Br)cc1. The van der Waals surface area contributed by atoms with E-state index in [-0.39, 0.29) is 6.04 Å². The first-order valence-electron chi connectivity index (χ1n) is 6.48. The lowest BCUT2D eigenvalue weighted by Gasteiger charge is -2.30. The fourth-order valence-electron chi connectivity index (χ4n) is 2.29. The zero-order chi connectivity index (χ0) is 14.5. The molecule has 2 N–H and O–H groups in total. The van der Waals surface area contributed by atoms with E-state index in [0.29, 0.717) is 6.54 Å². The number of likely N-dealkylation sites (N-methyl/N-ethyl adjacent to an activating group) is 1. The van der Waals surface area contributed by atoms with Crippen LogP contribution in [0.4, 0.5) is 5.69 Å². The third-order valence-electron chi connectivity index (χ3n) is 3.41. The van der Waals surface area contributed by atoms with Crippen LogP contribution in [0.3, 0.4) is 0 Å². The second-order valence-corrected chi connectivity index (χ2v) is 5.50. The summed E-state index contributed by atoms with van der Waals surface area (Å²) in [5.41, 5.74) is 8.20. The van der Waals surface area contributed by atoms with Crippen LogP contribution in [-0.4, -0.2) is 20.7 Å². The summed E-state index contributed by atoms with van der Waals surface area (Å²) in [6.45, 7) is 0.538. The minimum absolute atomic E-state index is 0.111. The lowest BCUT2D eigenvalue weighted by molar-refractivity contribution is 0.413. The number of hydrogen-bond acceptors (Lipinski definition) is 3. The van der Waals surface area contributed by atoms with Crippen LogP contribution in [0.15, 0.2) is 53.0 Å². The summed E-state index contributed by atoms with van der Waals surface area (Å²) < 4.78 is 6.49. The van der Waals surface area contributed by atoms with Crippen LogP contribution in [0.2, 0.25) is 0 Å². The van der Waals surface area contributed by atoms with Crippen molar-refractivity contribution in [3.05, 3.63) is 58.6 Å². The normalized spacial score (nSPS) is 12.0. The predicted molar refractivity (Wildman–Crippen MR) is 87.3 cm³/mol. The van der Waals surface area contributed by atoms with Gasteiger partial charge in [0.2, 0.25) is 0 Å². The monoisotopic (exact) mass is 334 g/mol. The first-order chi connectivity index (χ1) is 9.67. The number of methoxy groups -OCH3 is 1. The average Bonchev–Trinajstić information content (AvgIpc) is 2.49. The van der Waals surface area contributed by atoms with Crippen LogP contribution < -0.4 is 15.4 Å². The lowest BCUT2D eigenvalue weighted by Crippen LogP contribution is -2.30. The van der Waals surface area contributed by atoms with Gasteiger partial charge in [-0.25, -0.2) is 0 Å². The van der Waals surface area contributed by atoms with E-state index in [1.165, 1.54) is 5.56 Å². The number of ether oxygens (including phenoxy) is 1. The van der Waals surface area contributed by atoms with Crippen molar-refractivity contribution in [2.24, 2.45) is 5.73 Å². The molecule has 2 aromatic rings. The molecule has 0 bridgehead atoms. The van der Waals surface area contributed by atoms with Crippen LogP contribution >= 0.6 is 15.9 Å². The highest BCUT2D eigenvalue weighted by atomic mass is 79.9. The van der Waals surface area contributed by atoms with Crippen molar-refractivity contribution in [1.82, 2.24) is 0 Å². The molecule has 0 spiro atoms. The van der Waals surface area contributed by atoms with E-state index in [2.05, 4.69) is 33.0 Å². The Hall–Kier alpha value is -1.52. The number of rotatable bonds is 5. The highest BCUT2D eigenvalue weighted by molar-refractivity contribution is 9.10. The van der Waals surface area contributed by atoms with Crippen molar-refractivity contribution >= 4 is 21.6 Å². The Morgan fingerprint density at radius 3 is 2.40 bits per heavy atom. The molecule has 0 heterocycles. The molecule has 0 aromatic heterocycles. The summed E-state index contributed by atoms with van der Waals surface area (Å²) in [6.07, 6.45) is 0. The molecular formula is C16H19BrN2O. The molecule has 0 aliphatic rings. The lowest BCUT2D eigenvalue weighted by atomic mass is 10.0. The molecule has 0 radical (unpaired) electrons. The Morgan fingerprint density at radius 1 is 1.15 bits per heavy atom. The number of para-hydroxylation sites is 2.